The van der Waals surface area contributed by atoms with Crippen molar-refractivity contribution in [1.29, 1.82) is 0 Å². The molecule has 1 aromatic carbocycles. The summed E-state index contributed by atoms with van der Waals surface area (Å²) in [6.45, 7) is 1.02. The van der Waals surface area contributed by atoms with Crippen LogP contribution in [0.2, 0.25) is 0 Å². The number of benzene rings is 1. The van der Waals surface area contributed by atoms with Gasteiger partial charge in [0.25, 0.3) is 5.91 Å². The first-order chi connectivity index (χ1) is 14.6. The normalized spacial score (nSPS) is 22.9. The smallest absolute Gasteiger partial charge is 0.325 e. The van der Waals surface area contributed by atoms with Crippen molar-refractivity contribution in [3.63, 3.8) is 0 Å². The Hall–Kier alpha value is -3.09. The van der Waals surface area contributed by atoms with Crippen LogP contribution in [-0.2, 0) is 16.1 Å². The van der Waals surface area contributed by atoms with E-state index in [9.17, 15) is 14.4 Å². The molecule has 5 rings (SSSR count). The minimum absolute atomic E-state index is 0.201. The first kappa shape index (κ1) is 18.9. The van der Waals surface area contributed by atoms with Gasteiger partial charge in [-0.3, -0.25) is 14.5 Å². The first-order valence-corrected chi connectivity index (χ1v) is 10.7. The lowest BCUT2D eigenvalue weighted by Crippen LogP contribution is -2.50. The maximum absolute atomic E-state index is 13.4. The zero-order valence-electron chi connectivity index (χ0n) is 16.9. The number of rotatable bonds is 3. The minimum Gasteiger partial charge on any atom is -0.348 e. The van der Waals surface area contributed by atoms with E-state index in [0.29, 0.717) is 25.9 Å². The number of fused-ring (bicyclic) bond motifs is 1. The molecule has 7 nitrogen and oxygen atoms in total. The van der Waals surface area contributed by atoms with Gasteiger partial charge in [-0.1, -0.05) is 49.6 Å². The summed E-state index contributed by atoms with van der Waals surface area (Å²) < 4.78 is 2.16. The molecular formula is C23H26N4O3. The van der Waals surface area contributed by atoms with E-state index in [1.54, 1.807) is 4.90 Å². The second-order valence-corrected chi connectivity index (χ2v) is 8.49. The molecule has 7 heteroatoms. The Labute approximate surface area is 175 Å². The van der Waals surface area contributed by atoms with Crippen molar-refractivity contribution < 1.29 is 14.4 Å². The van der Waals surface area contributed by atoms with Crippen molar-refractivity contribution in [3.8, 4) is 0 Å². The van der Waals surface area contributed by atoms with Crippen LogP contribution in [-0.4, -0.2) is 50.8 Å². The molecule has 1 saturated heterocycles. The van der Waals surface area contributed by atoms with Crippen molar-refractivity contribution in [2.24, 2.45) is 0 Å². The Kier molecular flexibility index (Phi) is 4.60. The van der Waals surface area contributed by atoms with Crippen LogP contribution in [0.25, 0.3) is 0 Å². The van der Waals surface area contributed by atoms with E-state index in [0.717, 1.165) is 35.4 Å². The number of hydrogen-bond donors (Lipinski definition) is 1. The predicted octanol–water partition coefficient (Wildman–Crippen LogP) is 2.67. The number of urea groups is 1. The molecule has 3 aliphatic rings. The summed E-state index contributed by atoms with van der Waals surface area (Å²) in [5.74, 6) is -0.440. The van der Waals surface area contributed by atoms with E-state index >= 15 is 0 Å². The average Bonchev–Trinajstić information content (AvgIpc) is 3.33. The van der Waals surface area contributed by atoms with Gasteiger partial charge in [0.2, 0.25) is 5.91 Å². The number of nitrogens with zero attached hydrogens (tertiary/aromatic N) is 3. The molecule has 30 heavy (non-hydrogen) atoms. The van der Waals surface area contributed by atoms with Gasteiger partial charge < -0.3 is 14.8 Å². The summed E-state index contributed by atoms with van der Waals surface area (Å²) in [6.07, 6.45) is 6.27. The zero-order chi connectivity index (χ0) is 20.7. The average molecular weight is 406 g/mol. The van der Waals surface area contributed by atoms with Crippen LogP contribution < -0.4 is 5.32 Å². The van der Waals surface area contributed by atoms with E-state index in [-0.39, 0.29) is 24.4 Å². The lowest BCUT2D eigenvalue weighted by molar-refractivity contribution is -0.141. The molecular weight excluding hydrogens is 380 g/mol. The lowest BCUT2D eigenvalue weighted by Gasteiger charge is -2.38. The largest absolute Gasteiger partial charge is 0.348 e. The highest BCUT2D eigenvalue weighted by Crippen LogP contribution is 2.35. The fourth-order valence-corrected chi connectivity index (χ4v) is 5.18. The summed E-state index contributed by atoms with van der Waals surface area (Å²) in [5.41, 5.74) is 1.26. The van der Waals surface area contributed by atoms with Gasteiger partial charge in [0, 0.05) is 25.0 Å². The molecule has 1 aromatic heterocycles. The molecule has 2 aromatic rings. The zero-order valence-corrected chi connectivity index (χ0v) is 16.9. The summed E-state index contributed by atoms with van der Waals surface area (Å²) in [4.78, 5) is 42.0. The third kappa shape index (κ3) is 3.00. The molecule has 1 atom stereocenters. The van der Waals surface area contributed by atoms with Crippen molar-refractivity contribution in [2.45, 2.75) is 50.2 Å². The van der Waals surface area contributed by atoms with Crippen molar-refractivity contribution in [2.75, 3.05) is 13.1 Å². The van der Waals surface area contributed by atoms with Gasteiger partial charge in [0.15, 0.2) is 0 Å². The predicted molar refractivity (Wildman–Crippen MR) is 110 cm³/mol. The highest BCUT2D eigenvalue weighted by Gasteiger charge is 2.52. The van der Waals surface area contributed by atoms with Gasteiger partial charge in [-0.2, -0.15) is 0 Å². The van der Waals surface area contributed by atoms with E-state index in [1.807, 2.05) is 48.7 Å². The van der Waals surface area contributed by atoms with Crippen LogP contribution in [0.4, 0.5) is 4.79 Å². The number of nitrogens with one attached hydrogen (secondary N) is 1. The molecule has 156 valence electrons. The van der Waals surface area contributed by atoms with E-state index in [2.05, 4.69) is 9.88 Å². The second kappa shape index (κ2) is 7.31. The topological polar surface area (TPSA) is 74.7 Å². The third-order valence-electron chi connectivity index (χ3n) is 6.72. The third-order valence-corrected chi connectivity index (χ3v) is 6.72. The summed E-state index contributed by atoms with van der Waals surface area (Å²) in [6, 6.07) is 13.3. The second-order valence-electron chi connectivity index (χ2n) is 8.49. The molecule has 3 heterocycles. The van der Waals surface area contributed by atoms with Crippen LogP contribution in [0.5, 0.6) is 0 Å². The summed E-state index contributed by atoms with van der Waals surface area (Å²) in [5, 5.41) is 2.89. The number of hydrogen-bond acceptors (Lipinski definition) is 3. The van der Waals surface area contributed by atoms with Gasteiger partial charge in [0.1, 0.15) is 12.1 Å². The fourth-order valence-electron chi connectivity index (χ4n) is 5.18. The summed E-state index contributed by atoms with van der Waals surface area (Å²) >= 11 is 0. The number of amides is 4. The number of carbonyl (C=O) groups is 3. The minimum atomic E-state index is -0.801. The van der Waals surface area contributed by atoms with Gasteiger partial charge in [-0.05, 0) is 30.5 Å². The Morgan fingerprint density at radius 2 is 1.77 bits per heavy atom. The molecule has 4 amide bonds. The fraction of sp³-hybridized carbons (Fsp3) is 0.435. The monoisotopic (exact) mass is 406 g/mol. The number of imide groups is 1. The molecule has 2 fully saturated rings. The summed E-state index contributed by atoms with van der Waals surface area (Å²) in [7, 11) is 0. The number of carbonyl (C=O) groups excluding carboxylic acids is 3. The quantitative estimate of drug-likeness (QED) is 0.797. The Morgan fingerprint density at radius 1 is 1.00 bits per heavy atom. The van der Waals surface area contributed by atoms with Gasteiger partial charge >= 0.3 is 6.03 Å². The Bertz CT molecular complexity index is 977. The highest BCUT2D eigenvalue weighted by atomic mass is 16.2. The van der Waals surface area contributed by atoms with Gasteiger partial charge in [0.05, 0.1) is 6.04 Å². The van der Waals surface area contributed by atoms with Crippen LogP contribution in [0.15, 0.2) is 48.7 Å². The van der Waals surface area contributed by atoms with Crippen LogP contribution >= 0.6 is 0 Å². The highest BCUT2D eigenvalue weighted by molar-refractivity contribution is 6.09. The van der Waals surface area contributed by atoms with Crippen LogP contribution in [0, 0.1) is 0 Å². The van der Waals surface area contributed by atoms with Crippen LogP contribution in [0.3, 0.4) is 0 Å². The number of aromatic nitrogens is 1. The van der Waals surface area contributed by atoms with Crippen LogP contribution in [0.1, 0.15) is 49.4 Å². The van der Waals surface area contributed by atoms with E-state index in [4.69, 9.17) is 0 Å². The molecule has 0 unspecified atom stereocenters. The molecule has 2 aliphatic heterocycles. The maximum Gasteiger partial charge on any atom is 0.325 e. The SMILES string of the molecule is O=C1NC2(CCCCC2)C(=O)N1CC(=O)N1CCn2cccc2[C@@H]1c1ccccc1. The van der Waals surface area contributed by atoms with Crippen molar-refractivity contribution >= 4 is 17.8 Å². The Morgan fingerprint density at radius 3 is 2.53 bits per heavy atom. The molecule has 1 N–H and O–H groups in total. The maximum atomic E-state index is 13.4. The molecule has 1 saturated carbocycles. The van der Waals surface area contributed by atoms with Gasteiger partial charge in [-0.15, -0.1) is 0 Å². The molecule has 1 aliphatic carbocycles. The van der Waals surface area contributed by atoms with Crippen molar-refractivity contribution in [3.05, 3.63) is 59.9 Å². The molecule has 0 bridgehead atoms. The Balaban J connectivity index is 1.40. The van der Waals surface area contributed by atoms with E-state index < -0.39 is 11.6 Å². The van der Waals surface area contributed by atoms with E-state index in [1.165, 1.54) is 0 Å². The first-order valence-electron chi connectivity index (χ1n) is 10.7. The van der Waals surface area contributed by atoms with Gasteiger partial charge in [-0.25, -0.2) is 4.79 Å². The van der Waals surface area contributed by atoms with Crippen molar-refractivity contribution in [1.82, 2.24) is 19.7 Å². The lowest BCUT2D eigenvalue weighted by atomic mass is 9.82. The molecule has 0 radical (unpaired) electrons. The standard InChI is InChI=1S/C23H26N4O3/c28-19(16-27-21(29)23(24-22(27)30)11-5-2-6-12-23)26-15-14-25-13-7-10-18(25)20(26)17-8-3-1-4-9-17/h1,3-4,7-10,13,20H,2,5-6,11-12,14-16H2,(H,24,30)/t20-/m0/s1. The molecule has 1 spiro atoms.